The Kier molecular flexibility index (Phi) is 11.9. The number of pyridine rings is 1. The van der Waals surface area contributed by atoms with Crippen molar-refractivity contribution in [1.82, 2.24) is 15.6 Å². The molecule has 4 aromatic rings. The van der Waals surface area contributed by atoms with Gasteiger partial charge in [-0.15, -0.1) is 11.8 Å². The molecule has 0 bridgehead atoms. The molecule has 0 saturated carbocycles. The summed E-state index contributed by atoms with van der Waals surface area (Å²) in [7, 11) is 1.24. The highest BCUT2D eigenvalue weighted by Crippen LogP contribution is 2.30. The molecule has 240 valence electrons. The van der Waals surface area contributed by atoms with Crippen LogP contribution in [0.4, 0.5) is 10.5 Å². The van der Waals surface area contributed by atoms with Gasteiger partial charge in [0.15, 0.2) is 0 Å². The monoisotopic (exact) mass is 660 g/mol. The van der Waals surface area contributed by atoms with E-state index in [9.17, 15) is 14.4 Å². The second-order valence-electron chi connectivity index (χ2n) is 11.0. The third-order valence-electron chi connectivity index (χ3n) is 7.80. The van der Waals surface area contributed by atoms with Gasteiger partial charge in [-0.2, -0.15) is 0 Å². The summed E-state index contributed by atoms with van der Waals surface area (Å²) in [6.07, 6.45) is 1.91. The Morgan fingerprint density at radius 3 is 2.26 bits per heavy atom. The van der Waals surface area contributed by atoms with Crippen LogP contribution in [0.3, 0.4) is 0 Å². The molecule has 3 aromatic carbocycles. The van der Waals surface area contributed by atoms with E-state index >= 15 is 0 Å². The zero-order chi connectivity index (χ0) is 32.3. The maximum atomic E-state index is 14.0. The SMILES string of the molecule is COC(=O)N[C@H](C(=O)Nc1c(CC[C@@H]2CNC[C@@H](CSc3ccc(Cl)cc3)O2)cc[nH]c1=O)C(c1ccccc1)c1ccccc1. The van der Waals surface area contributed by atoms with Gasteiger partial charge < -0.3 is 30.4 Å². The molecule has 1 aromatic heterocycles. The van der Waals surface area contributed by atoms with Crippen molar-refractivity contribution in [2.45, 2.75) is 41.9 Å². The Morgan fingerprint density at radius 2 is 1.61 bits per heavy atom. The molecule has 4 N–H and O–H groups in total. The second kappa shape index (κ2) is 16.5. The predicted molar refractivity (Wildman–Crippen MR) is 182 cm³/mol. The minimum Gasteiger partial charge on any atom is -0.453 e. The van der Waals surface area contributed by atoms with Crippen molar-refractivity contribution < 1.29 is 19.1 Å². The molecular weight excluding hydrogens is 624 g/mol. The standard InChI is InChI=1S/C35H37ClN4O5S/c1-44-35(43)40-32(30(23-8-4-2-5-9-23)24-10-6-3-7-11-24)34(42)39-31-25(18-19-38-33(31)41)12-15-27-20-37-21-28(45-27)22-46-29-16-13-26(36)14-17-29/h2-11,13-14,16-19,27-28,30,32,37H,12,15,20-22H2,1H3,(H,38,41)(H,39,42)(H,40,43)/t27-,28+,32+/m1/s1. The number of ether oxygens (including phenoxy) is 2. The normalized spacial score (nSPS) is 16.8. The Morgan fingerprint density at radius 1 is 0.957 bits per heavy atom. The lowest BCUT2D eigenvalue weighted by molar-refractivity contribution is -0.118. The molecule has 46 heavy (non-hydrogen) atoms. The Balaban J connectivity index is 1.30. The molecule has 1 fully saturated rings. The molecule has 0 unspecified atom stereocenters. The van der Waals surface area contributed by atoms with Gasteiger partial charge in [-0.3, -0.25) is 9.59 Å². The van der Waals surface area contributed by atoms with Gasteiger partial charge in [0.1, 0.15) is 11.7 Å². The van der Waals surface area contributed by atoms with Crippen LogP contribution in [0, 0.1) is 0 Å². The largest absolute Gasteiger partial charge is 0.453 e. The van der Waals surface area contributed by atoms with Crippen molar-refractivity contribution in [3.8, 4) is 0 Å². The van der Waals surface area contributed by atoms with Crippen molar-refractivity contribution in [1.29, 1.82) is 0 Å². The van der Waals surface area contributed by atoms with E-state index < -0.39 is 29.5 Å². The minimum absolute atomic E-state index is 0.0239. The Hall–Kier alpha value is -4.09. The van der Waals surface area contributed by atoms with Crippen molar-refractivity contribution in [3.63, 3.8) is 0 Å². The minimum atomic E-state index is -1.09. The summed E-state index contributed by atoms with van der Waals surface area (Å²) in [5.41, 5.74) is 2.02. The van der Waals surface area contributed by atoms with Crippen LogP contribution in [0.2, 0.25) is 5.02 Å². The van der Waals surface area contributed by atoms with Crippen molar-refractivity contribution in [3.05, 3.63) is 129 Å². The maximum absolute atomic E-state index is 14.0. The zero-order valence-electron chi connectivity index (χ0n) is 25.4. The number of nitrogens with one attached hydrogen (secondary N) is 4. The van der Waals surface area contributed by atoms with E-state index in [0.717, 1.165) is 28.3 Å². The lowest BCUT2D eigenvalue weighted by Crippen LogP contribution is -2.48. The summed E-state index contributed by atoms with van der Waals surface area (Å²) in [6.45, 7) is 1.44. The molecule has 0 spiro atoms. The first kappa shape index (κ1) is 33.3. The Labute approximate surface area is 277 Å². The number of hydrogen-bond acceptors (Lipinski definition) is 7. The average molecular weight is 661 g/mol. The van der Waals surface area contributed by atoms with Crippen molar-refractivity contribution in [2.75, 3.05) is 31.3 Å². The molecule has 1 aliphatic heterocycles. The van der Waals surface area contributed by atoms with E-state index in [2.05, 4.69) is 20.9 Å². The fourth-order valence-electron chi connectivity index (χ4n) is 5.53. The average Bonchev–Trinajstić information content (AvgIpc) is 3.09. The fourth-order valence-corrected chi connectivity index (χ4v) is 6.56. The van der Waals surface area contributed by atoms with Gasteiger partial charge in [-0.1, -0.05) is 72.3 Å². The molecule has 2 amide bonds. The van der Waals surface area contributed by atoms with E-state index in [1.807, 2.05) is 84.9 Å². The van der Waals surface area contributed by atoms with Crippen LogP contribution < -0.4 is 21.5 Å². The third kappa shape index (κ3) is 9.01. The topological polar surface area (TPSA) is 122 Å². The number of aromatic amines is 1. The molecule has 5 rings (SSSR count). The number of halogens is 1. The number of methoxy groups -OCH3 is 1. The smallest absolute Gasteiger partial charge is 0.407 e. The molecule has 0 aliphatic carbocycles. The highest BCUT2D eigenvalue weighted by molar-refractivity contribution is 7.99. The highest BCUT2D eigenvalue weighted by Gasteiger charge is 2.34. The number of hydrogen-bond donors (Lipinski definition) is 4. The van der Waals surface area contributed by atoms with E-state index in [-0.39, 0.29) is 17.9 Å². The Bertz CT molecular complexity index is 1600. The lowest BCUT2D eigenvalue weighted by atomic mass is 9.84. The first-order valence-corrected chi connectivity index (χ1v) is 16.5. The summed E-state index contributed by atoms with van der Waals surface area (Å²) >= 11 is 7.72. The number of carbonyl (C=O) groups is 2. The van der Waals surface area contributed by atoms with Crippen LogP contribution >= 0.6 is 23.4 Å². The van der Waals surface area contributed by atoms with Crippen LogP contribution in [0.15, 0.2) is 107 Å². The van der Waals surface area contributed by atoms with Crippen molar-refractivity contribution >= 4 is 41.1 Å². The summed E-state index contributed by atoms with van der Waals surface area (Å²) in [4.78, 5) is 43.4. The van der Waals surface area contributed by atoms with Crippen LogP contribution in [0.5, 0.6) is 0 Å². The molecule has 0 radical (unpaired) electrons. The van der Waals surface area contributed by atoms with Crippen LogP contribution in [0.25, 0.3) is 0 Å². The zero-order valence-corrected chi connectivity index (χ0v) is 27.0. The van der Waals surface area contributed by atoms with Crippen LogP contribution in [-0.4, -0.2) is 61.2 Å². The maximum Gasteiger partial charge on any atom is 0.407 e. The van der Waals surface area contributed by atoms with E-state index in [0.29, 0.717) is 30.0 Å². The van der Waals surface area contributed by atoms with Gasteiger partial charge in [0.05, 0.1) is 19.3 Å². The lowest BCUT2D eigenvalue weighted by Gasteiger charge is -2.31. The van der Waals surface area contributed by atoms with Gasteiger partial charge in [-0.25, -0.2) is 4.79 Å². The molecule has 1 saturated heterocycles. The number of aryl methyl sites for hydroxylation is 1. The molecule has 2 heterocycles. The molecule has 1 aliphatic rings. The molecule has 11 heteroatoms. The predicted octanol–water partition coefficient (Wildman–Crippen LogP) is 5.61. The number of carbonyl (C=O) groups excluding carboxylic acids is 2. The number of benzene rings is 3. The molecular formula is C35H37ClN4O5S. The quantitative estimate of drug-likeness (QED) is 0.146. The molecule has 3 atom stereocenters. The van der Waals surface area contributed by atoms with Gasteiger partial charge >= 0.3 is 6.09 Å². The number of H-pyrrole nitrogens is 1. The summed E-state index contributed by atoms with van der Waals surface area (Å²) in [6, 6.07) is 27.3. The number of anilines is 1. The first-order chi connectivity index (χ1) is 22.4. The van der Waals surface area contributed by atoms with Crippen LogP contribution in [0.1, 0.15) is 29.0 Å². The van der Waals surface area contributed by atoms with Gasteiger partial charge in [0.2, 0.25) is 5.91 Å². The summed E-state index contributed by atoms with van der Waals surface area (Å²) in [5, 5.41) is 9.72. The number of rotatable bonds is 12. The fraction of sp³-hybridized carbons (Fsp3) is 0.286. The molecule has 9 nitrogen and oxygen atoms in total. The number of morpholine rings is 1. The van der Waals surface area contributed by atoms with E-state index in [1.165, 1.54) is 7.11 Å². The second-order valence-corrected chi connectivity index (χ2v) is 12.5. The summed E-state index contributed by atoms with van der Waals surface area (Å²) in [5.74, 6) is -0.316. The van der Waals surface area contributed by atoms with Gasteiger partial charge in [0, 0.05) is 40.9 Å². The van der Waals surface area contributed by atoms with Crippen molar-refractivity contribution in [2.24, 2.45) is 0 Å². The number of aromatic nitrogens is 1. The number of alkyl carbamates (subject to hydrolysis) is 1. The van der Waals surface area contributed by atoms with Gasteiger partial charge in [-0.05, 0) is 59.9 Å². The van der Waals surface area contributed by atoms with Gasteiger partial charge in [0.25, 0.3) is 5.56 Å². The third-order valence-corrected chi connectivity index (χ3v) is 9.20. The highest BCUT2D eigenvalue weighted by atomic mass is 35.5. The summed E-state index contributed by atoms with van der Waals surface area (Å²) < 4.78 is 11.3. The first-order valence-electron chi connectivity index (χ1n) is 15.1. The van der Waals surface area contributed by atoms with Crippen LogP contribution in [-0.2, 0) is 20.7 Å². The van der Waals surface area contributed by atoms with E-state index in [1.54, 1.807) is 24.0 Å². The number of thioether (sulfide) groups is 1. The van der Waals surface area contributed by atoms with E-state index in [4.69, 9.17) is 21.1 Å². The number of amides is 2.